The first-order valence-electron chi connectivity index (χ1n) is 7.77. The van der Waals surface area contributed by atoms with E-state index in [1.165, 1.54) is 50.6 Å². The normalized spacial score (nSPS) is 10.8. The highest BCUT2D eigenvalue weighted by Gasteiger charge is 2.27. The van der Waals surface area contributed by atoms with Crippen molar-refractivity contribution in [3.63, 3.8) is 0 Å². The molecule has 0 aliphatic rings. The van der Waals surface area contributed by atoms with E-state index in [9.17, 15) is 24.4 Å². The molecule has 1 heterocycles. The van der Waals surface area contributed by atoms with Crippen LogP contribution in [0.3, 0.4) is 0 Å². The molecule has 0 radical (unpaired) electrons. The second-order valence-corrected chi connectivity index (χ2v) is 5.70. The summed E-state index contributed by atoms with van der Waals surface area (Å²) in [6, 6.07) is 8.18. The number of aromatic hydroxyl groups is 1. The molecule has 0 aliphatic heterocycles. The number of halogens is 1. The Morgan fingerprint density at radius 1 is 1.15 bits per heavy atom. The van der Waals surface area contributed by atoms with Gasteiger partial charge in [-0.05, 0) is 23.8 Å². The first-order chi connectivity index (χ1) is 12.9. The van der Waals surface area contributed by atoms with Gasteiger partial charge < -0.3 is 14.6 Å². The summed E-state index contributed by atoms with van der Waals surface area (Å²) in [6.07, 6.45) is 0. The molecule has 3 rings (SSSR count). The van der Waals surface area contributed by atoms with E-state index < -0.39 is 27.7 Å². The minimum absolute atomic E-state index is 0.0565. The highest BCUT2D eigenvalue weighted by Crippen LogP contribution is 2.38. The van der Waals surface area contributed by atoms with Gasteiger partial charge in [-0.2, -0.15) is 0 Å². The maximum absolute atomic E-state index is 13.1. The molecule has 0 unspecified atom stereocenters. The zero-order valence-corrected chi connectivity index (χ0v) is 14.4. The number of methoxy groups -OCH3 is 2. The molecule has 0 fully saturated rings. The fourth-order valence-electron chi connectivity index (χ4n) is 2.84. The molecule has 1 aromatic heterocycles. The second-order valence-electron chi connectivity index (χ2n) is 5.70. The molecule has 0 saturated heterocycles. The Kier molecular flexibility index (Phi) is 4.68. The van der Waals surface area contributed by atoms with E-state index in [1.54, 1.807) is 0 Å². The lowest BCUT2D eigenvalue weighted by atomic mass is 10.1. The Morgan fingerprint density at radius 3 is 2.30 bits per heavy atom. The molecule has 27 heavy (non-hydrogen) atoms. The van der Waals surface area contributed by atoms with Crippen LogP contribution >= 0.6 is 0 Å². The maximum Gasteiger partial charge on any atom is 0.375 e. The van der Waals surface area contributed by atoms with Crippen LogP contribution < -0.4 is 15.0 Å². The quantitative estimate of drug-likeness (QED) is 0.544. The highest BCUT2D eigenvalue weighted by atomic mass is 19.1. The highest BCUT2D eigenvalue weighted by molar-refractivity contribution is 5.91. The average Bonchev–Trinajstić information content (AvgIpc) is 2.65. The molecule has 3 aromatic rings. The first-order valence-corrected chi connectivity index (χ1v) is 7.77. The van der Waals surface area contributed by atoms with E-state index in [2.05, 4.69) is 0 Å². The van der Waals surface area contributed by atoms with Crippen molar-refractivity contribution in [3.8, 4) is 17.2 Å². The number of nitro groups is 1. The number of hydrogen-bond donors (Lipinski definition) is 1. The topological polar surface area (TPSA) is 104 Å². The van der Waals surface area contributed by atoms with Crippen LogP contribution in [0.15, 0.2) is 41.2 Å². The van der Waals surface area contributed by atoms with Gasteiger partial charge in [0.2, 0.25) is 5.75 Å². The van der Waals surface area contributed by atoms with Crippen molar-refractivity contribution in [3.05, 3.63) is 68.2 Å². The molecular weight excluding hydrogens is 359 g/mol. The second kappa shape index (κ2) is 6.94. The number of hydrogen-bond acceptors (Lipinski definition) is 6. The lowest BCUT2D eigenvalue weighted by Crippen LogP contribution is -2.24. The van der Waals surface area contributed by atoms with Gasteiger partial charge >= 0.3 is 11.2 Å². The summed E-state index contributed by atoms with van der Waals surface area (Å²) in [5.74, 6) is -0.678. The SMILES string of the molecule is COc1cc2c(O)c([N+](=O)[O-])c(=O)n(Cc3ccc(F)cc3)c2cc1OC. The van der Waals surface area contributed by atoms with Crippen molar-refractivity contribution < 1.29 is 23.9 Å². The lowest BCUT2D eigenvalue weighted by Gasteiger charge is -2.15. The Morgan fingerprint density at radius 2 is 1.74 bits per heavy atom. The van der Waals surface area contributed by atoms with Gasteiger partial charge in [0.25, 0.3) is 0 Å². The van der Waals surface area contributed by atoms with Crippen molar-refractivity contribution in [1.82, 2.24) is 4.57 Å². The number of pyridine rings is 1. The van der Waals surface area contributed by atoms with Crippen LogP contribution in [0, 0.1) is 15.9 Å². The molecule has 0 spiro atoms. The van der Waals surface area contributed by atoms with Crippen LogP contribution in [0.5, 0.6) is 17.2 Å². The zero-order valence-electron chi connectivity index (χ0n) is 14.4. The van der Waals surface area contributed by atoms with E-state index in [4.69, 9.17) is 9.47 Å². The molecule has 0 atom stereocenters. The predicted molar refractivity (Wildman–Crippen MR) is 95.1 cm³/mol. The van der Waals surface area contributed by atoms with Crippen LogP contribution in [0.25, 0.3) is 10.9 Å². The van der Waals surface area contributed by atoms with Gasteiger partial charge in [-0.15, -0.1) is 0 Å². The van der Waals surface area contributed by atoms with Crippen molar-refractivity contribution in [2.24, 2.45) is 0 Å². The number of aromatic nitrogens is 1. The van der Waals surface area contributed by atoms with Gasteiger partial charge in [-0.25, -0.2) is 4.39 Å². The van der Waals surface area contributed by atoms with Crippen molar-refractivity contribution in [2.45, 2.75) is 6.54 Å². The zero-order chi connectivity index (χ0) is 19.7. The standard InChI is InChI=1S/C18H15FN2O6/c1-26-14-7-12-13(8-15(14)27-2)20(9-10-3-5-11(19)6-4-10)18(23)16(17(12)22)21(24)25/h3-8,22H,9H2,1-2H3. The summed E-state index contributed by atoms with van der Waals surface area (Å²) < 4.78 is 24.7. The molecule has 0 saturated carbocycles. The predicted octanol–water partition coefficient (Wildman–Crippen LogP) is 2.82. The van der Waals surface area contributed by atoms with Crippen molar-refractivity contribution in [2.75, 3.05) is 14.2 Å². The number of benzene rings is 2. The Bertz CT molecular complexity index is 1090. The van der Waals surface area contributed by atoms with Crippen molar-refractivity contribution >= 4 is 16.6 Å². The van der Waals surface area contributed by atoms with Gasteiger partial charge in [0.1, 0.15) is 5.82 Å². The van der Waals surface area contributed by atoms with Gasteiger partial charge in [0.15, 0.2) is 11.5 Å². The summed E-state index contributed by atoms with van der Waals surface area (Å²) in [6.45, 7) is -0.0633. The van der Waals surface area contributed by atoms with E-state index >= 15 is 0 Å². The number of fused-ring (bicyclic) bond motifs is 1. The van der Waals surface area contributed by atoms with Crippen LogP contribution in [0.2, 0.25) is 0 Å². The smallest absolute Gasteiger partial charge is 0.375 e. The molecule has 0 bridgehead atoms. The van der Waals surface area contributed by atoms with E-state index in [-0.39, 0.29) is 28.9 Å². The van der Waals surface area contributed by atoms with Gasteiger partial charge in [-0.1, -0.05) is 12.1 Å². The summed E-state index contributed by atoms with van der Waals surface area (Å²) >= 11 is 0. The molecule has 2 aromatic carbocycles. The van der Waals surface area contributed by atoms with Gasteiger partial charge in [-0.3, -0.25) is 19.5 Å². The fourth-order valence-corrected chi connectivity index (χ4v) is 2.84. The summed E-state index contributed by atoms with van der Waals surface area (Å²) in [7, 11) is 2.78. The molecule has 140 valence electrons. The van der Waals surface area contributed by atoms with E-state index in [1.807, 2.05) is 0 Å². The van der Waals surface area contributed by atoms with Crippen molar-refractivity contribution in [1.29, 1.82) is 0 Å². The Hall–Kier alpha value is -3.62. The van der Waals surface area contributed by atoms with Crippen LogP contribution in [0.4, 0.5) is 10.1 Å². The van der Waals surface area contributed by atoms with Gasteiger partial charge in [0.05, 0.1) is 36.6 Å². The number of rotatable bonds is 5. The lowest BCUT2D eigenvalue weighted by molar-refractivity contribution is -0.387. The summed E-state index contributed by atoms with van der Waals surface area (Å²) in [4.78, 5) is 23.1. The Labute approximate surface area is 152 Å². The molecule has 8 nitrogen and oxygen atoms in total. The largest absolute Gasteiger partial charge is 0.501 e. The first kappa shape index (κ1) is 18.2. The van der Waals surface area contributed by atoms with Crippen LogP contribution in [-0.2, 0) is 6.54 Å². The number of nitrogens with zero attached hydrogens (tertiary/aromatic N) is 2. The fraction of sp³-hybridized carbons (Fsp3) is 0.167. The van der Waals surface area contributed by atoms with Gasteiger partial charge in [0, 0.05) is 6.07 Å². The third-order valence-electron chi connectivity index (χ3n) is 4.16. The Balaban J connectivity index is 2.36. The summed E-state index contributed by atoms with van der Waals surface area (Å²) in [5.41, 5.74) is -1.17. The van der Waals surface area contributed by atoms with E-state index in [0.717, 1.165) is 4.57 Å². The van der Waals surface area contributed by atoms with Crippen LogP contribution in [0.1, 0.15) is 5.56 Å². The number of ether oxygens (including phenoxy) is 2. The molecule has 1 N–H and O–H groups in total. The average molecular weight is 374 g/mol. The summed E-state index contributed by atoms with van der Waals surface area (Å²) in [5, 5.41) is 21.7. The maximum atomic E-state index is 13.1. The molecule has 0 amide bonds. The molecular formula is C18H15FN2O6. The minimum Gasteiger partial charge on any atom is -0.501 e. The molecule has 9 heteroatoms. The molecule has 0 aliphatic carbocycles. The third-order valence-corrected chi connectivity index (χ3v) is 4.16. The van der Waals surface area contributed by atoms with Crippen LogP contribution in [-0.4, -0.2) is 28.8 Å². The monoisotopic (exact) mass is 374 g/mol. The van der Waals surface area contributed by atoms with E-state index in [0.29, 0.717) is 5.56 Å². The third kappa shape index (κ3) is 3.14. The minimum atomic E-state index is -0.985.